The number of amides is 1. The SMILES string of the molecule is CCc1ccc(C=C(NC(C)=O)C(=O)O)s1. The minimum Gasteiger partial charge on any atom is -0.477 e. The predicted molar refractivity (Wildman–Crippen MR) is 63.1 cm³/mol. The van der Waals surface area contributed by atoms with Crippen LogP contribution in [0.25, 0.3) is 6.08 Å². The van der Waals surface area contributed by atoms with Gasteiger partial charge in [-0.1, -0.05) is 6.92 Å². The Labute approximate surface area is 97.6 Å². The normalized spacial score (nSPS) is 11.2. The Morgan fingerprint density at radius 1 is 1.50 bits per heavy atom. The minimum atomic E-state index is -1.14. The lowest BCUT2D eigenvalue weighted by atomic mass is 10.3. The number of aryl methyl sites for hydroxylation is 1. The van der Waals surface area contributed by atoms with Gasteiger partial charge in [0.25, 0.3) is 0 Å². The smallest absolute Gasteiger partial charge is 0.352 e. The van der Waals surface area contributed by atoms with E-state index in [4.69, 9.17) is 5.11 Å². The van der Waals surface area contributed by atoms with E-state index in [0.29, 0.717) is 0 Å². The zero-order valence-corrected chi connectivity index (χ0v) is 9.93. The minimum absolute atomic E-state index is 0.1000. The second-order valence-corrected chi connectivity index (χ2v) is 4.40. The molecular formula is C11H13NO3S. The summed E-state index contributed by atoms with van der Waals surface area (Å²) >= 11 is 1.51. The van der Waals surface area contributed by atoms with Crippen LogP contribution in [0.4, 0.5) is 0 Å². The molecule has 1 aromatic rings. The van der Waals surface area contributed by atoms with Gasteiger partial charge in [0, 0.05) is 16.7 Å². The summed E-state index contributed by atoms with van der Waals surface area (Å²) in [5.41, 5.74) is -0.1000. The average molecular weight is 239 g/mol. The lowest BCUT2D eigenvalue weighted by Crippen LogP contribution is -2.24. The summed E-state index contributed by atoms with van der Waals surface area (Å²) in [6.45, 7) is 3.31. The molecule has 16 heavy (non-hydrogen) atoms. The highest BCUT2D eigenvalue weighted by Gasteiger charge is 2.09. The van der Waals surface area contributed by atoms with Crippen molar-refractivity contribution in [2.24, 2.45) is 0 Å². The molecule has 0 saturated carbocycles. The summed E-state index contributed by atoms with van der Waals surface area (Å²) in [6, 6.07) is 3.79. The molecule has 86 valence electrons. The lowest BCUT2D eigenvalue weighted by molar-refractivity contribution is -0.134. The van der Waals surface area contributed by atoms with Crippen LogP contribution in [-0.2, 0) is 16.0 Å². The van der Waals surface area contributed by atoms with Gasteiger partial charge >= 0.3 is 5.97 Å². The zero-order valence-electron chi connectivity index (χ0n) is 9.11. The van der Waals surface area contributed by atoms with E-state index in [-0.39, 0.29) is 11.6 Å². The zero-order chi connectivity index (χ0) is 12.1. The molecule has 1 heterocycles. The summed E-state index contributed by atoms with van der Waals surface area (Å²) < 4.78 is 0. The number of carbonyl (C=O) groups excluding carboxylic acids is 1. The number of carboxylic acids is 1. The van der Waals surface area contributed by atoms with E-state index in [0.717, 1.165) is 11.3 Å². The maximum Gasteiger partial charge on any atom is 0.352 e. The van der Waals surface area contributed by atoms with Crippen molar-refractivity contribution in [1.82, 2.24) is 5.32 Å². The fraction of sp³-hybridized carbons (Fsp3) is 0.273. The van der Waals surface area contributed by atoms with Crippen LogP contribution in [0.3, 0.4) is 0 Å². The number of carbonyl (C=O) groups is 2. The fourth-order valence-corrected chi connectivity index (χ4v) is 2.04. The number of rotatable bonds is 4. The van der Waals surface area contributed by atoms with Crippen molar-refractivity contribution in [3.63, 3.8) is 0 Å². The van der Waals surface area contributed by atoms with Crippen molar-refractivity contribution in [1.29, 1.82) is 0 Å². The first kappa shape index (κ1) is 12.4. The van der Waals surface area contributed by atoms with Crippen molar-refractivity contribution in [3.8, 4) is 0 Å². The third kappa shape index (κ3) is 3.51. The third-order valence-electron chi connectivity index (χ3n) is 1.86. The predicted octanol–water partition coefficient (Wildman–Crippen LogP) is 1.87. The summed E-state index contributed by atoms with van der Waals surface area (Å²) in [5.74, 6) is -1.53. The van der Waals surface area contributed by atoms with Crippen LogP contribution in [0.1, 0.15) is 23.6 Å². The van der Waals surface area contributed by atoms with Gasteiger partial charge in [-0.05, 0) is 24.6 Å². The Morgan fingerprint density at radius 3 is 2.62 bits per heavy atom. The van der Waals surface area contributed by atoms with Crippen LogP contribution in [0.2, 0.25) is 0 Å². The van der Waals surface area contributed by atoms with Crippen molar-refractivity contribution in [2.45, 2.75) is 20.3 Å². The first-order valence-corrected chi connectivity index (χ1v) is 5.66. The molecule has 0 aliphatic carbocycles. The molecule has 0 aliphatic rings. The molecule has 0 unspecified atom stereocenters. The molecule has 0 saturated heterocycles. The molecule has 2 N–H and O–H groups in total. The number of hydrogen-bond acceptors (Lipinski definition) is 3. The number of aliphatic carboxylic acids is 1. The highest BCUT2D eigenvalue weighted by molar-refractivity contribution is 7.12. The highest BCUT2D eigenvalue weighted by Crippen LogP contribution is 2.19. The van der Waals surface area contributed by atoms with E-state index >= 15 is 0 Å². The van der Waals surface area contributed by atoms with Gasteiger partial charge in [-0.3, -0.25) is 4.79 Å². The maximum absolute atomic E-state index is 10.8. The summed E-state index contributed by atoms with van der Waals surface area (Å²) in [6.07, 6.45) is 2.38. The average Bonchev–Trinajstić information content (AvgIpc) is 2.63. The molecule has 0 aliphatic heterocycles. The van der Waals surface area contributed by atoms with Crippen molar-refractivity contribution >= 4 is 29.3 Å². The second-order valence-electron chi connectivity index (χ2n) is 3.20. The third-order valence-corrected chi connectivity index (χ3v) is 3.04. The van der Waals surface area contributed by atoms with Gasteiger partial charge in [0.15, 0.2) is 0 Å². The van der Waals surface area contributed by atoms with Gasteiger partial charge < -0.3 is 10.4 Å². The van der Waals surface area contributed by atoms with E-state index in [1.54, 1.807) is 0 Å². The standard InChI is InChI=1S/C11H13NO3S/c1-3-8-4-5-9(16-8)6-10(11(14)15)12-7(2)13/h4-6H,3H2,1-2H3,(H,12,13)(H,14,15). The molecule has 0 radical (unpaired) electrons. The Morgan fingerprint density at radius 2 is 2.19 bits per heavy atom. The Balaban J connectivity index is 2.92. The van der Waals surface area contributed by atoms with Gasteiger partial charge in [0.1, 0.15) is 5.70 Å². The number of hydrogen-bond donors (Lipinski definition) is 2. The van der Waals surface area contributed by atoms with Gasteiger partial charge in [-0.15, -0.1) is 11.3 Å². The van der Waals surface area contributed by atoms with Gasteiger partial charge in [0.05, 0.1) is 0 Å². The molecule has 5 heteroatoms. The highest BCUT2D eigenvalue weighted by atomic mass is 32.1. The van der Waals surface area contributed by atoms with Crippen LogP contribution in [0.15, 0.2) is 17.8 Å². The van der Waals surface area contributed by atoms with Crippen LogP contribution in [-0.4, -0.2) is 17.0 Å². The quantitative estimate of drug-likeness (QED) is 0.788. The largest absolute Gasteiger partial charge is 0.477 e. The van der Waals surface area contributed by atoms with Crippen LogP contribution < -0.4 is 5.32 Å². The van der Waals surface area contributed by atoms with E-state index in [1.165, 1.54) is 29.2 Å². The fourth-order valence-electron chi connectivity index (χ4n) is 1.15. The number of carboxylic acid groups (broad SMARTS) is 1. The topological polar surface area (TPSA) is 66.4 Å². The molecule has 0 atom stereocenters. The molecule has 1 aromatic heterocycles. The molecule has 1 rings (SSSR count). The van der Waals surface area contributed by atoms with Crippen molar-refractivity contribution in [2.75, 3.05) is 0 Å². The Kier molecular flexibility index (Phi) is 4.25. The molecule has 0 spiro atoms. The van der Waals surface area contributed by atoms with E-state index in [9.17, 15) is 9.59 Å². The van der Waals surface area contributed by atoms with E-state index < -0.39 is 5.97 Å². The molecular weight excluding hydrogens is 226 g/mol. The van der Waals surface area contributed by atoms with E-state index in [1.807, 2.05) is 19.1 Å². The number of nitrogens with one attached hydrogen (secondary N) is 1. The van der Waals surface area contributed by atoms with Gasteiger partial charge in [-0.25, -0.2) is 4.79 Å². The van der Waals surface area contributed by atoms with Crippen molar-refractivity contribution in [3.05, 3.63) is 27.6 Å². The molecule has 1 amide bonds. The number of thiophene rings is 1. The molecule has 4 nitrogen and oxygen atoms in total. The van der Waals surface area contributed by atoms with Crippen LogP contribution in [0, 0.1) is 0 Å². The maximum atomic E-state index is 10.8. The van der Waals surface area contributed by atoms with Crippen molar-refractivity contribution < 1.29 is 14.7 Å². The monoisotopic (exact) mass is 239 g/mol. The molecule has 0 bridgehead atoms. The lowest BCUT2D eigenvalue weighted by Gasteiger charge is -2.01. The summed E-state index contributed by atoms with van der Waals surface area (Å²) in [7, 11) is 0. The summed E-state index contributed by atoms with van der Waals surface area (Å²) in [4.78, 5) is 23.6. The Hall–Kier alpha value is -1.62. The summed E-state index contributed by atoms with van der Waals surface area (Å²) in [5, 5.41) is 11.2. The van der Waals surface area contributed by atoms with Crippen LogP contribution >= 0.6 is 11.3 Å². The first-order valence-electron chi connectivity index (χ1n) is 4.84. The van der Waals surface area contributed by atoms with Crippen LogP contribution in [0.5, 0.6) is 0 Å². The van der Waals surface area contributed by atoms with Gasteiger partial charge in [-0.2, -0.15) is 0 Å². The first-order chi connectivity index (χ1) is 7.52. The second kappa shape index (κ2) is 5.46. The molecule has 0 aromatic carbocycles. The molecule has 0 fully saturated rings. The van der Waals surface area contributed by atoms with E-state index in [2.05, 4.69) is 5.32 Å². The Bertz CT molecular complexity index is 434. The van der Waals surface area contributed by atoms with Gasteiger partial charge in [0.2, 0.25) is 5.91 Å².